The maximum Gasteiger partial charge on any atom is 0.327 e. The van der Waals surface area contributed by atoms with Crippen molar-refractivity contribution in [3.05, 3.63) is 54.7 Å². The average Bonchev–Trinajstić information content (AvgIpc) is 3.66. The van der Waals surface area contributed by atoms with Gasteiger partial charge in [-0.2, -0.15) is 0 Å². The zero-order valence-corrected chi connectivity index (χ0v) is 24.3. The number of benzene rings is 1. The van der Waals surface area contributed by atoms with Crippen LogP contribution in [0.3, 0.4) is 0 Å². The maximum atomic E-state index is 12.7. The molecule has 218 valence electrons. The molecule has 1 saturated heterocycles. The number of aliphatic carboxylic acids is 1. The van der Waals surface area contributed by atoms with Crippen molar-refractivity contribution < 1.29 is 19.5 Å². The minimum Gasteiger partial charge on any atom is -0.480 e. The van der Waals surface area contributed by atoms with Crippen molar-refractivity contribution in [2.45, 2.75) is 51.1 Å². The molecular weight excluding hydrogens is 556 g/mol. The van der Waals surface area contributed by atoms with E-state index in [0.717, 1.165) is 34.5 Å². The van der Waals surface area contributed by atoms with Crippen molar-refractivity contribution in [3.63, 3.8) is 0 Å². The van der Waals surface area contributed by atoms with Gasteiger partial charge in [0.25, 0.3) is 0 Å². The number of pyridine rings is 1. The third-order valence-corrected chi connectivity index (χ3v) is 8.20. The number of nitrogens with zero attached hydrogens (tertiary/aromatic N) is 4. The number of nitrogens with one attached hydrogen (secondary N) is 4. The van der Waals surface area contributed by atoms with Crippen LogP contribution in [-0.2, 0) is 15.0 Å². The number of fused-ring (bicyclic) bond motifs is 1. The van der Waals surface area contributed by atoms with Gasteiger partial charge in [-0.25, -0.2) is 24.5 Å². The highest BCUT2D eigenvalue weighted by molar-refractivity contribution is 7.22. The van der Waals surface area contributed by atoms with E-state index in [9.17, 15) is 19.5 Å². The van der Waals surface area contributed by atoms with E-state index in [1.165, 1.54) is 11.3 Å². The van der Waals surface area contributed by atoms with Crippen LogP contribution in [-0.4, -0.2) is 68.1 Å². The van der Waals surface area contributed by atoms with E-state index < -0.39 is 23.5 Å². The van der Waals surface area contributed by atoms with Crippen LogP contribution in [0.4, 0.5) is 9.93 Å². The SMILES string of the molecule is CCNC(=O)Nc1nc2cc(-c3cnc(C(C)(C)C(NC(=O)[C@@H]4CCCN4)C(=O)O)nc3)cc(-c3ccccn3)c2s1. The number of hydrogen-bond donors (Lipinski definition) is 5. The predicted octanol–water partition coefficient (Wildman–Crippen LogP) is 3.56. The first-order valence-corrected chi connectivity index (χ1v) is 14.5. The van der Waals surface area contributed by atoms with Gasteiger partial charge in [-0.1, -0.05) is 31.3 Å². The summed E-state index contributed by atoms with van der Waals surface area (Å²) in [5.41, 5.74) is 2.61. The summed E-state index contributed by atoms with van der Waals surface area (Å²) in [4.78, 5) is 55.3. The first kappa shape index (κ1) is 29.0. The van der Waals surface area contributed by atoms with Gasteiger partial charge in [0.2, 0.25) is 5.91 Å². The number of carboxylic acid groups (broad SMARTS) is 1. The second kappa shape index (κ2) is 12.2. The summed E-state index contributed by atoms with van der Waals surface area (Å²) in [5.74, 6) is -1.22. The van der Waals surface area contributed by atoms with Crippen molar-refractivity contribution in [2.24, 2.45) is 0 Å². The fourth-order valence-electron chi connectivity index (χ4n) is 4.91. The Kier molecular flexibility index (Phi) is 8.41. The highest BCUT2D eigenvalue weighted by Gasteiger charge is 2.41. The van der Waals surface area contributed by atoms with Crippen LogP contribution in [0.1, 0.15) is 39.4 Å². The predicted molar refractivity (Wildman–Crippen MR) is 160 cm³/mol. The number of amides is 3. The lowest BCUT2D eigenvalue weighted by Crippen LogP contribution is -2.56. The Balaban J connectivity index is 1.47. The Hall–Kier alpha value is -4.49. The fraction of sp³-hybridized carbons (Fsp3) is 0.345. The Morgan fingerprint density at radius 3 is 2.57 bits per heavy atom. The van der Waals surface area contributed by atoms with Gasteiger partial charge in [0.1, 0.15) is 11.9 Å². The minimum absolute atomic E-state index is 0.284. The van der Waals surface area contributed by atoms with E-state index in [1.807, 2.05) is 37.3 Å². The topological polar surface area (TPSA) is 171 Å². The molecule has 4 heterocycles. The molecule has 5 rings (SSSR count). The molecule has 0 spiro atoms. The third-order valence-electron chi connectivity index (χ3n) is 7.18. The number of carbonyl (C=O) groups is 3. The zero-order chi connectivity index (χ0) is 29.9. The summed E-state index contributed by atoms with van der Waals surface area (Å²) in [6, 6.07) is 7.53. The lowest BCUT2D eigenvalue weighted by Gasteiger charge is -2.31. The van der Waals surface area contributed by atoms with Gasteiger partial charge in [-0.05, 0) is 56.1 Å². The Bertz CT molecular complexity index is 1600. The van der Waals surface area contributed by atoms with Gasteiger partial charge in [0, 0.05) is 36.3 Å². The number of aromatic nitrogens is 4. The summed E-state index contributed by atoms with van der Waals surface area (Å²) in [5, 5.41) is 21.7. The molecule has 1 unspecified atom stereocenters. The maximum absolute atomic E-state index is 12.7. The molecule has 13 heteroatoms. The number of rotatable bonds is 9. The molecule has 0 aliphatic carbocycles. The zero-order valence-electron chi connectivity index (χ0n) is 23.5. The van der Waals surface area contributed by atoms with Crippen LogP contribution in [0, 0.1) is 0 Å². The van der Waals surface area contributed by atoms with E-state index in [2.05, 4.69) is 41.2 Å². The summed E-state index contributed by atoms with van der Waals surface area (Å²) >= 11 is 1.35. The summed E-state index contributed by atoms with van der Waals surface area (Å²) in [6.07, 6.45) is 6.50. The van der Waals surface area contributed by atoms with E-state index in [-0.39, 0.29) is 17.8 Å². The number of carboxylic acids is 1. The second-order valence-electron chi connectivity index (χ2n) is 10.5. The van der Waals surface area contributed by atoms with Crippen molar-refractivity contribution >= 4 is 44.6 Å². The van der Waals surface area contributed by atoms with Crippen molar-refractivity contribution in [1.82, 2.24) is 35.9 Å². The first-order valence-electron chi connectivity index (χ1n) is 13.7. The lowest BCUT2D eigenvalue weighted by molar-refractivity contribution is -0.144. The van der Waals surface area contributed by atoms with Crippen LogP contribution < -0.4 is 21.3 Å². The molecule has 5 N–H and O–H groups in total. The molecule has 0 bridgehead atoms. The van der Waals surface area contributed by atoms with Crippen LogP contribution in [0.2, 0.25) is 0 Å². The minimum atomic E-state index is -1.23. The standard InChI is InChI=1S/C29H32N8O4S/c1-4-30-27(41)37-28-35-21-13-16(12-18(22(21)42-28)19-8-5-6-10-31-19)17-14-33-26(34-15-17)29(2,3)23(25(39)40)36-24(38)20-9-7-11-32-20/h5-6,8,10,12-15,20,23,32H,4,7,9,11H2,1-3H3,(H,36,38)(H,39,40)(H2,30,35,37,41)/t20-,23?/m0/s1. The molecule has 1 fully saturated rings. The Labute approximate surface area is 246 Å². The number of thiazole rings is 1. The number of carbonyl (C=O) groups excluding carboxylic acids is 2. The van der Waals surface area contributed by atoms with E-state index in [0.29, 0.717) is 29.2 Å². The molecule has 12 nitrogen and oxygen atoms in total. The van der Waals surface area contributed by atoms with Crippen LogP contribution >= 0.6 is 11.3 Å². The van der Waals surface area contributed by atoms with Crippen molar-refractivity contribution in [2.75, 3.05) is 18.4 Å². The first-order chi connectivity index (χ1) is 20.2. The van der Waals surface area contributed by atoms with E-state index in [1.54, 1.807) is 32.4 Å². The molecule has 2 atom stereocenters. The summed E-state index contributed by atoms with van der Waals surface area (Å²) in [7, 11) is 0. The van der Waals surface area contributed by atoms with Crippen LogP contribution in [0.5, 0.6) is 0 Å². The van der Waals surface area contributed by atoms with Gasteiger partial charge in [0.15, 0.2) is 5.13 Å². The van der Waals surface area contributed by atoms with Gasteiger partial charge >= 0.3 is 12.0 Å². The largest absolute Gasteiger partial charge is 0.480 e. The molecule has 4 aromatic rings. The Morgan fingerprint density at radius 1 is 1.14 bits per heavy atom. The number of hydrogen-bond acceptors (Lipinski definition) is 9. The number of anilines is 1. The van der Waals surface area contributed by atoms with E-state index in [4.69, 9.17) is 0 Å². The molecule has 1 aromatic carbocycles. The highest BCUT2D eigenvalue weighted by Crippen LogP contribution is 2.38. The summed E-state index contributed by atoms with van der Waals surface area (Å²) < 4.78 is 0.861. The molecule has 1 aliphatic heterocycles. The normalized spacial score (nSPS) is 15.7. The fourth-order valence-corrected chi connectivity index (χ4v) is 5.87. The Morgan fingerprint density at radius 2 is 1.93 bits per heavy atom. The van der Waals surface area contributed by atoms with Crippen LogP contribution in [0.15, 0.2) is 48.9 Å². The number of urea groups is 1. The molecular formula is C29H32N8O4S. The van der Waals surface area contributed by atoms with Crippen molar-refractivity contribution in [3.8, 4) is 22.4 Å². The quantitative estimate of drug-likeness (QED) is 0.196. The average molecular weight is 589 g/mol. The molecule has 0 radical (unpaired) electrons. The second-order valence-corrected chi connectivity index (χ2v) is 11.5. The molecule has 42 heavy (non-hydrogen) atoms. The summed E-state index contributed by atoms with van der Waals surface area (Å²) in [6.45, 7) is 6.46. The van der Waals surface area contributed by atoms with Gasteiger partial charge < -0.3 is 21.1 Å². The molecule has 3 amide bonds. The van der Waals surface area contributed by atoms with Gasteiger partial charge in [-0.15, -0.1) is 0 Å². The monoisotopic (exact) mass is 588 g/mol. The molecule has 0 saturated carbocycles. The molecule has 3 aromatic heterocycles. The smallest absolute Gasteiger partial charge is 0.327 e. The van der Waals surface area contributed by atoms with Crippen molar-refractivity contribution in [1.29, 1.82) is 0 Å². The van der Waals surface area contributed by atoms with E-state index >= 15 is 0 Å². The lowest BCUT2D eigenvalue weighted by atomic mass is 9.83. The van der Waals surface area contributed by atoms with Crippen LogP contribution in [0.25, 0.3) is 32.6 Å². The molecule has 1 aliphatic rings. The van der Waals surface area contributed by atoms with Gasteiger partial charge in [0.05, 0.1) is 27.4 Å². The third kappa shape index (κ3) is 6.06. The highest BCUT2D eigenvalue weighted by atomic mass is 32.1. The van der Waals surface area contributed by atoms with Gasteiger partial charge in [-0.3, -0.25) is 15.1 Å².